The van der Waals surface area contributed by atoms with Crippen molar-refractivity contribution in [1.29, 1.82) is 0 Å². The number of ether oxygens (including phenoxy) is 2. The molecule has 0 unspecified atom stereocenters. The van der Waals surface area contributed by atoms with Crippen molar-refractivity contribution in [2.45, 2.75) is 78.5 Å². The van der Waals surface area contributed by atoms with E-state index in [0.29, 0.717) is 27.5 Å². The molecule has 6 nitrogen and oxygen atoms in total. The van der Waals surface area contributed by atoms with Crippen molar-refractivity contribution < 1.29 is 13.7 Å². The van der Waals surface area contributed by atoms with E-state index in [1.165, 1.54) is 0 Å². The lowest BCUT2D eigenvalue weighted by Gasteiger charge is -2.23. The number of rotatable bonds is 12. The van der Waals surface area contributed by atoms with Crippen molar-refractivity contribution in [1.82, 2.24) is 14.7 Å². The summed E-state index contributed by atoms with van der Waals surface area (Å²) in [5.41, 5.74) is 6.60. The Morgan fingerprint density at radius 3 is 1.78 bits per heavy atom. The lowest BCUT2D eigenvalue weighted by molar-refractivity contribution is 0.318. The van der Waals surface area contributed by atoms with E-state index in [2.05, 4.69) is 31.6 Å². The van der Waals surface area contributed by atoms with Crippen LogP contribution in [0.15, 0.2) is 60.7 Å². The van der Waals surface area contributed by atoms with Gasteiger partial charge in [0.05, 0.1) is 51.4 Å². The van der Waals surface area contributed by atoms with E-state index >= 15 is 0 Å². The summed E-state index contributed by atoms with van der Waals surface area (Å²) in [6.07, 6.45) is 3.04. The van der Waals surface area contributed by atoms with E-state index in [9.17, 15) is 4.21 Å². The lowest BCUT2D eigenvalue weighted by Crippen LogP contribution is -2.35. The summed E-state index contributed by atoms with van der Waals surface area (Å²) in [6, 6.07) is 19.4. The first kappa shape index (κ1) is 35.9. The van der Waals surface area contributed by atoms with Crippen molar-refractivity contribution in [2.24, 2.45) is 5.41 Å². The highest BCUT2D eigenvalue weighted by Crippen LogP contribution is 2.43. The molecule has 46 heavy (non-hydrogen) atoms. The van der Waals surface area contributed by atoms with Gasteiger partial charge in [-0.15, -0.1) is 0 Å². The third-order valence-corrected chi connectivity index (χ3v) is 10.9. The summed E-state index contributed by atoms with van der Waals surface area (Å²) in [4.78, 5) is 9.65. The van der Waals surface area contributed by atoms with E-state index in [1.807, 2.05) is 82.3 Å². The van der Waals surface area contributed by atoms with E-state index in [1.54, 1.807) is 14.2 Å². The SMILES string of the molecule is CCC(C)(C)CCc1ccc(-c2cccc(-c3cccc(-c4ccc([C@H](C)N[S@](=O)C(C)(C)C)c(OC)n4)c3Cl)c2Cl)nc1OC. The molecule has 4 rings (SSSR count). The maximum atomic E-state index is 12.7. The average Bonchev–Trinajstić information content (AvgIpc) is 3.03. The van der Waals surface area contributed by atoms with Crippen LogP contribution in [0.5, 0.6) is 11.8 Å². The molecule has 9 heteroatoms. The first-order valence-electron chi connectivity index (χ1n) is 15.6. The number of aryl methyl sites for hydroxylation is 1. The van der Waals surface area contributed by atoms with Crippen LogP contribution in [0, 0.1) is 5.41 Å². The maximum absolute atomic E-state index is 12.7. The standard InChI is InChI=1S/C37H45Cl2N3O3S/c1-10-37(6,7)22-21-24-17-19-30(40-34(24)44-8)28-15-11-13-26(32(28)38)27-14-12-16-29(33(27)39)31-20-18-25(35(41-31)45-9)23(2)42-46(43)36(3,4)5/h11-20,23,42H,10,21-22H2,1-9H3/t23-,46+/m0/s1. The van der Waals surface area contributed by atoms with E-state index < -0.39 is 15.7 Å². The number of nitrogens with one attached hydrogen (secondary N) is 1. The van der Waals surface area contributed by atoms with Gasteiger partial charge in [0.25, 0.3) is 0 Å². The van der Waals surface area contributed by atoms with E-state index in [0.717, 1.165) is 58.3 Å². The van der Waals surface area contributed by atoms with E-state index in [-0.39, 0.29) is 11.5 Å². The first-order chi connectivity index (χ1) is 21.7. The number of pyridine rings is 2. The molecule has 2 heterocycles. The molecule has 0 aliphatic carbocycles. The Hall–Kier alpha value is -2.97. The van der Waals surface area contributed by atoms with Crippen LogP contribution in [0.4, 0.5) is 0 Å². The van der Waals surface area contributed by atoms with Gasteiger partial charge in [0.2, 0.25) is 11.8 Å². The second-order valence-corrected chi connectivity index (χ2v) is 16.0. The normalized spacial score (nSPS) is 13.4. The number of halogens is 2. The second kappa shape index (κ2) is 14.8. The predicted molar refractivity (Wildman–Crippen MR) is 193 cm³/mol. The molecule has 4 aromatic rings. The van der Waals surface area contributed by atoms with Gasteiger partial charge in [0.1, 0.15) is 0 Å². The van der Waals surface area contributed by atoms with E-state index in [4.69, 9.17) is 42.6 Å². The largest absolute Gasteiger partial charge is 0.481 e. The third-order valence-electron chi connectivity index (χ3n) is 8.39. The Labute approximate surface area is 286 Å². The summed E-state index contributed by atoms with van der Waals surface area (Å²) in [5.74, 6) is 1.05. The highest BCUT2D eigenvalue weighted by molar-refractivity contribution is 7.84. The van der Waals surface area contributed by atoms with Gasteiger partial charge in [-0.3, -0.25) is 0 Å². The van der Waals surface area contributed by atoms with Crippen LogP contribution < -0.4 is 14.2 Å². The molecule has 2 atom stereocenters. The third kappa shape index (κ3) is 8.11. The Morgan fingerprint density at radius 2 is 1.28 bits per heavy atom. The molecule has 2 aromatic carbocycles. The Kier molecular flexibility index (Phi) is 11.6. The van der Waals surface area contributed by atoms with Crippen molar-refractivity contribution in [2.75, 3.05) is 14.2 Å². The number of nitrogens with zero attached hydrogens (tertiary/aromatic N) is 2. The molecule has 0 amide bonds. The average molecular weight is 683 g/mol. The first-order valence-corrected chi connectivity index (χ1v) is 17.5. The van der Waals surface area contributed by atoms with Gasteiger partial charge >= 0.3 is 0 Å². The molecule has 0 spiro atoms. The fraction of sp³-hybridized carbons (Fsp3) is 0.405. The molecular formula is C37H45Cl2N3O3S. The minimum atomic E-state index is -1.25. The molecule has 1 N–H and O–H groups in total. The van der Waals surface area contributed by atoms with Crippen LogP contribution in [-0.2, 0) is 17.4 Å². The second-order valence-electron chi connectivity index (χ2n) is 13.2. The highest BCUT2D eigenvalue weighted by Gasteiger charge is 2.24. The molecule has 0 aliphatic heterocycles. The van der Waals surface area contributed by atoms with Crippen LogP contribution >= 0.6 is 23.2 Å². The molecule has 0 fully saturated rings. The zero-order valence-corrected chi connectivity index (χ0v) is 30.6. The Morgan fingerprint density at radius 1 is 0.783 bits per heavy atom. The Bertz CT molecular complexity index is 1720. The van der Waals surface area contributed by atoms with Gasteiger partial charge in [-0.05, 0) is 64.2 Å². The van der Waals surface area contributed by atoms with Crippen LogP contribution in [0.1, 0.15) is 78.5 Å². The maximum Gasteiger partial charge on any atom is 0.218 e. The van der Waals surface area contributed by atoms with Gasteiger partial charge in [-0.2, -0.15) is 0 Å². The minimum Gasteiger partial charge on any atom is -0.481 e. The Balaban J connectivity index is 1.68. The van der Waals surface area contributed by atoms with Gasteiger partial charge in [0.15, 0.2) is 0 Å². The minimum absolute atomic E-state index is 0.246. The fourth-order valence-corrected chi connectivity index (χ4v) is 6.46. The summed E-state index contributed by atoms with van der Waals surface area (Å²) < 4.78 is 26.8. The highest BCUT2D eigenvalue weighted by atomic mass is 35.5. The summed E-state index contributed by atoms with van der Waals surface area (Å²) in [6.45, 7) is 14.5. The van der Waals surface area contributed by atoms with Crippen molar-refractivity contribution in [3.05, 3.63) is 81.8 Å². The summed E-state index contributed by atoms with van der Waals surface area (Å²) in [5, 5.41) is 1.06. The predicted octanol–water partition coefficient (Wildman–Crippen LogP) is 10.3. The zero-order chi connectivity index (χ0) is 33.8. The molecule has 0 saturated heterocycles. The number of aromatic nitrogens is 2. The van der Waals surface area contributed by atoms with Crippen LogP contribution in [0.25, 0.3) is 33.6 Å². The van der Waals surface area contributed by atoms with Crippen LogP contribution in [0.2, 0.25) is 10.0 Å². The van der Waals surface area contributed by atoms with Gasteiger partial charge in [-0.1, -0.05) is 92.9 Å². The quantitative estimate of drug-likeness (QED) is 0.161. The molecule has 0 saturated carbocycles. The number of hydrogen-bond acceptors (Lipinski definition) is 5. The van der Waals surface area contributed by atoms with Gasteiger partial charge in [0, 0.05) is 39.4 Å². The molecular weight excluding hydrogens is 637 g/mol. The van der Waals surface area contributed by atoms with Gasteiger partial charge in [-0.25, -0.2) is 18.9 Å². The molecule has 2 aromatic heterocycles. The fourth-order valence-electron chi connectivity index (χ4n) is 5.01. The van der Waals surface area contributed by atoms with Crippen molar-refractivity contribution >= 4 is 34.2 Å². The number of hydrogen-bond donors (Lipinski definition) is 1. The smallest absolute Gasteiger partial charge is 0.218 e. The molecule has 0 radical (unpaired) electrons. The number of methoxy groups -OCH3 is 2. The van der Waals surface area contributed by atoms with Gasteiger partial charge < -0.3 is 9.47 Å². The van der Waals surface area contributed by atoms with Crippen molar-refractivity contribution in [3.63, 3.8) is 0 Å². The molecule has 246 valence electrons. The monoisotopic (exact) mass is 681 g/mol. The number of benzene rings is 2. The van der Waals surface area contributed by atoms with Crippen molar-refractivity contribution in [3.8, 4) is 45.4 Å². The summed E-state index contributed by atoms with van der Waals surface area (Å²) in [7, 11) is 1.98. The lowest BCUT2D eigenvalue weighted by atomic mass is 9.84. The molecule has 0 bridgehead atoms. The topological polar surface area (TPSA) is 73.3 Å². The summed E-state index contributed by atoms with van der Waals surface area (Å²) >= 11 is 14.2. The molecule has 0 aliphatic rings. The zero-order valence-electron chi connectivity index (χ0n) is 28.3. The van der Waals surface area contributed by atoms with Crippen LogP contribution in [0.3, 0.4) is 0 Å². The van der Waals surface area contributed by atoms with Crippen LogP contribution in [-0.4, -0.2) is 33.1 Å².